The van der Waals surface area contributed by atoms with Crippen LogP contribution in [0.5, 0.6) is 11.5 Å². The first-order valence-corrected chi connectivity index (χ1v) is 13.8. The van der Waals surface area contributed by atoms with E-state index in [1.165, 1.54) is 24.3 Å². The van der Waals surface area contributed by atoms with Crippen LogP contribution in [0.25, 0.3) is 10.9 Å². The van der Waals surface area contributed by atoms with Crippen LogP contribution < -0.4 is 14.2 Å². The molecule has 39 heavy (non-hydrogen) atoms. The highest BCUT2D eigenvalue weighted by Crippen LogP contribution is 2.27. The second kappa shape index (κ2) is 12.1. The number of rotatable bonds is 11. The van der Waals surface area contributed by atoms with Crippen LogP contribution >= 0.6 is 0 Å². The van der Waals surface area contributed by atoms with Crippen LogP contribution in [-0.2, 0) is 27.8 Å². The lowest BCUT2D eigenvalue weighted by molar-refractivity contribution is -0.138. The van der Waals surface area contributed by atoms with Gasteiger partial charge >= 0.3 is 5.97 Å². The van der Waals surface area contributed by atoms with Gasteiger partial charge in [-0.2, -0.15) is 4.72 Å². The maximum atomic E-state index is 13.1. The summed E-state index contributed by atoms with van der Waals surface area (Å²) in [6, 6.07) is 18.0. The number of carboxylic acid groups (broad SMARTS) is 1. The molecule has 0 fully saturated rings. The van der Waals surface area contributed by atoms with E-state index in [1.54, 1.807) is 14.0 Å². The number of carboxylic acids is 1. The van der Waals surface area contributed by atoms with Gasteiger partial charge in [-0.25, -0.2) is 8.42 Å². The lowest BCUT2D eigenvalue weighted by Gasteiger charge is -2.15. The molecule has 0 aliphatic heterocycles. The van der Waals surface area contributed by atoms with E-state index >= 15 is 0 Å². The molecule has 9 heteroatoms. The van der Waals surface area contributed by atoms with Gasteiger partial charge in [0.2, 0.25) is 10.0 Å². The molecule has 8 nitrogen and oxygen atoms in total. The van der Waals surface area contributed by atoms with E-state index in [-0.39, 0.29) is 17.9 Å². The van der Waals surface area contributed by atoms with Crippen molar-refractivity contribution in [3.05, 3.63) is 89.6 Å². The number of aromatic nitrogens is 1. The van der Waals surface area contributed by atoms with Crippen molar-refractivity contribution >= 4 is 26.9 Å². The minimum absolute atomic E-state index is 0.0374. The van der Waals surface area contributed by atoms with Gasteiger partial charge in [0, 0.05) is 29.1 Å². The van der Waals surface area contributed by atoms with Crippen LogP contribution in [0.2, 0.25) is 0 Å². The Hall–Kier alpha value is -4.26. The van der Waals surface area contributed by atoms with Crippen molar-refractivity contribution in [3.63, 3.8) is 0 Å². The fourth-order valence-corrected chi connectivity index (χ4v) is 5.55. The molecule has 4 aromatic rings. The van der Waals surface area contributed by atoms with Crippen molar-refractivity contribution in [2.75, 3.05) is 13.7 Å². The Morgan fingerprint density at radius 1 is 1.08 bits per heavy atom. The molecule has 0 aliphatic carbocycles. The van der Waals surface area contributed by atoms with Gasteiger partial charge in [0.1, 0.15) is 24.1 Å². The molecule has 0 saturated heterocycles. The van der Waals surface area contributed by atoms with Crippen LogP contribution in [0.15, 0.2) is 77.8 Å². The maximum absolute atomic E-state index is 13.1. The van der Waals surface area contributed by atoms with E-state index in [2.05, 4.69) is 16.6 Å². The summed E-state index contributed by atoms with van der Waals surface area (Å²) < 4.78 is 41.5. The van der Waals surface area contributed by atoms with Gasteiger partial charge in [-0.15, -0.1) is 5.92 Å². The first-order valence-electron chi connectivity index (χ1n) is 12.3. The van der Waals surface area contributed by atoms with E-state index in [0.717, 1.165) is 33.3 Å². The summed E-state index contributed by atoms with van der Waals surface area (Å²) in [4.78, 5) is 12.2. The van der Waals surface area contributed by atoms with Crippen molar-refractivity contribution in [1.82, 2.24) is 9.29 Å². The van der Waals surface area contributed by atoms with Crippen LogP contribution in [0.1, 0.15) is 23.6 Å². The van der Waals surface area contributed by atoms with Crippen molar-refractivity contribution in [3.8, 4) is 23.3 Å². The summed E-state index contributed by atoms with van der Waals surface area (Å²) in [5, 5.41) is 10.8. The number of carbonyl (C=O) groups is 1. The highest BCUT2D eigenvalue weighted by atomic mass is 32.2. The number of fused-ring (bicyclic) bond motifs is 1. The van der Waals surface area contributed by atoms with Crippen LogP contribution in [0.3, 0.4) is 0 Å². The zero-order chi connectivity index (χ0) is 28.0. The predicted molar refractivity (Wildman–Crippen MR) is 150 cm³/mol. The lowest BCUT2D eigenvalue weighted by atomic mass is 10.0. The molecule has 0 radical (unpaired) electrons. The first-order chi connectivity index (χ1) is 18.7. The molecule has 0 bridgehead atoms. The number of hydrogen-bond acceptors (Lipinski definition) is 5. The van der Waals surface area contributed by atoms with Gasteiger partial charge in [-0.05, 0) is 61.9 Å². The van der Waals surface area contributed by atoms with Gasteiger partial charge in [0.15, 0.2) is 0 Å². The molecular formula is C30H30N2O6S. The third-order valence-corrected chi connectivity index (χ3v) is 7.78. The van der Waals surface area contributed by atoms with Gasteiger partial charge < -0.3 is 19.1 Å². The number of aliphatic carboxylic acids is 1. The van der Waals surface area contributed by atoms with Gasteiger partial charge in [-0.1, -0.05) is 35.7 Å². The first kappa shape index (κ1) is 27.8. The maximum Gasteiger partial charge on any atom is 0.322 e. The largest absolute Gasteiger partial charge is 0.496 e. The Morgan fingerprint density at radius 2 is 1.82 bits per heavy atom. The smallest absolute Gasteiger partial charge is 0.322 e. The standard InChI is InChI=1S/C30H30N2O6S/c1-4-5-16-38-24-11-13-25(14-12-24)39(35,36)31-27(30(33)34)18-23-20-32(28-15-10-21(2)17-26(23)28)19-22-8-6-7-9-29(22)37-3/h6-15,17,20,27,31H,16,18-19H2,1-3H3,(H,33,34)/t27-/m0/s1. The number of hydrogen-bond donors (Lipinski definition) is 2. The van der Waals surface area contributed by atoms with Gasteiger partial charge in [0.25, 0.3) is 0 Å². The fourth-order valence-electron chi connectivity index (χ4n) is 4.36. The molecule has 1 heterocycles. The average molecular weight is 547 g/mol. The molecule has 0 unspecified atom stereocenters. The SMILES string of the molecule is CC#CCOc1ccc(S(=O)(=O)N[C@@H](Cc2cn(Cc3ccccc3OC)c3ccc(C)cc23)C(=O)O)cc1. The summed E-state index contributed by atoms with van der Waals surface area (Å²) in [6.45, 7) is 4.35. The predicted octanol–water partition coefficient (Wildman–Crippen LogP) is 4.38. The van der Waals surface area contributed by atoms with Crippen molar-refractivity contribution in [2.45, 2.75) is 37.8 Å². The molecule has 0 spiro atoms. The second-order valence-electron chi connectivity index (χ2n) is 9.02. The molecule has 1 aromatic heterocycles. The summed E-state index contributed by atoms with van der Waals surface area (Å²) in [6.07, 6.45) is 1.84. The van der Waals surface area contributed by atoms with Crippen molar-refractivity contribution in [1.29, 1.82) is 0 Å². The number of nitrogens with zero attached hydrogens (tertiary/aromatic N) is 1. The highest BCUT2D eigenvalue weighted by molar-refractivity contribution is 7.89. The number of methoxy groups -OCH3 is 1. The molecule has 2 N–H and O–H groups in total. The summed E-state index contributed by atoms with van der Waals surface area (Å²) >= 11 is 0. The number of ether oxygens (including phenoxy) is 2. The Morgan fingerprint density at radius 3 is 2.51 bits per heavy atom. The minimum atomic E-state index is -4.12. The van der Waals surface area contributed by atoms with E-state index < -0.39 is 22.0 Å². The highest BCUT2D eigenvalue weighted by Gasteiger charge is 2.27. The zero-order valence-corrected chi connectivity index (χ0v) is 22.8. The van der Waals surface area contributed by atoms with Crippen LogP contribution in [0.4, 0.5) is 0 Å². The topological polar surface area (TPSA) is 107 Å². The van der Waals surface area contributed by atoms with Gasteiger partial charge in [0.05, 0.1) is 18.6 Å². The van der Waals surface area contributed by atoms with E-state index in [4.69, 9.17) is 9.47 Å². The number of sulfonamides is 1. The number of nitrogens with one attached hydrogen (secondary N) is 1. The van der Waals surface area contributed by atoms with Crippen molar-refractivity contribution in [2.24, 2.45) is 0 Å². The normalized spacial score (nSPS) is 12.0. The molecule has 0 aliphatic rings. The van der Waals surface area contributed by atoms with Crippen LogP contribution in [-0.4, -0.2) is 43.8 Å². The summed E-state index contributed by atoms with van der Waals surface area (Å²) in [5.41, 5.74) is 3.61. The van der Waals surface area contributed by atoms with E-state index in [0.29, 0.717) is 12.3 Å². The average Bonchev–Trinajstić information content (AvgIpc) is 3.24. The monoisotopic (exact) mass is 546 g/mol. The number of aryl methyl sites for hydroxylation is 1. The summed E-state index contributed by atoms with van der Waals surface area (Å²) in [5.74, 6) is 5.42. The molecule has 0 saturated carbocycles. The van der Waals surface area contributed by atoms with Crippen LogP contribution in [0, 0.1) is 18.8 Å². The van der Waals surface area contributed by atoms with Crippen molar-refractivity contribution < 1.29 is 27.8 Å². The third-order valence-electron chi connectivity index (χ3n) is 6.29. The Balaban J connectivity index is 1.61. The third kappa shape index (κ3) is 6.60. The minimum Gasteiger partial charge on any atom is -0.496 e. The van der Waals surface area contributed by atoms with E-state index in [1.807, 2.05) is 60.2 Å². The zero-order valence-electron chi connectivity index (χ0n) is 22.0. The molecular weight excluding hydrogens is 516 g/mol. The molecule has 0 amide bonds. The molecule has 4 rings (SSSR count). The Labute approximate surface area is 228 Å². The molecule has 1 atom stereocenters. The second-order valence-corrected chi connectivity index (χ2v) is 10.7. The van der Waals surface area contributed by atoms with Gasteiger partial charge in [-0.3, -0.25) is 4.79 Å². The summed E-state index contributed by atoms with van der Waals surface area (Å²) in [7, 11) is -2.50. The Bertz CT molecular complexity index is 1650. The quantitative estimate of drug-likeness (QED) is 0.271. The molecule has 3 aromatic carbocycles. The number of para-hydroxylation sites is 1. The van der Waals surface area contributed by atoms with E-state index in [9.17, 15) is 18.3 Å². The fraction of sp³-hybridized carbons (Fsp3) is 0.233. The molecule has 202 valence electrons. The Kier molecular flexibility index (Phi) is 8.59. The lowest BCUT2D eigenvalue weighted by Crippen LogP contribution is -2.42. The number of benzene rings is 3.